The number of alkyl halides is 6. The summed E-state index contributed by atoms with van der Waals surface area (Å²) in [5.41, 5.74) is -1.03. The second kappa shape index (κ2) is 16.5. The minimum Gasteiger partial charge on any atom is -0.846 e. The van der Waals surface area contributed by atoms with Gasteiger partial charge in [0.1, 0.15) is 0 Å². The highest BCUT2D eigenvalue weighted by atomic mass is 79.9. The number of anilines is 2. The van der Waals surface area contributed by atoms with Crippen LogP contribution in [0.3, 0.4) is 0 Å². The molecule has 0 amide bonds. The molecule has 12 nitrogen and oxygen atoms in total. The molecule has 0 fully saturated rings. The fourth-order valence-corrected chi connectivity index (χ4v) is 6.54. The highest BCUT2D eigenvalue weighted by Crippen LogP contribution is 2.41. The number of benzene rings is 4. The van der Waals surface area contributed by atoms with E-state index in [0.717, 1.165) is 44.9 Å². The highest BCUT2D eigenvalue weighted by Gasteiger charge is 2.36. The van der Waals surface area contributed by atoms with Crippen LogP contribution in [0, 0.1) is 0 Å². The maximum atomic E-state index is 14.4. The van der Waals surface area contributed by atoms with Crippen LogP contribution in [0.2, 0.25) is 0 Å². The van der Waals surface area contributed by atoms with Crippen LogP contribution >= 0.6 is 27.3 Å². The van der Waals surface area contributed by atoms with Crippen molar-refractivity contribution in [2.45, 2.75) is 25.4 Å². The largest absolute Gasteiger partial charge is 0.846 e. The number of amidine groups is 2. The van der Waals surface area contributed by atoms with E-state index in [4.69, 9.17) is 9.05 Å². The normalized spacial score (nSPS) is 12.5. The van der Waals surface area contributed by atoms with E-state index in [0.29, 0.717) is 18.2 Å². The molecule has 0 atom stereocenters. The maximum absolute atomic E-state index is 14.4. The first kappa shape index (κ1) is 39.7. The molecule has 3 aromatic heterocycles. The first-order valence-corrected chi connectivity index (χ1v) is 18.5. The number of nitrogens with zero attached hydrogens (tertiary/aromatic N) is 6. The molecule has 7 rings (SSSR count). The van der Waals surface area contributed by atoms with E-state index in [9.17, 15) is 36.6 Å². The fourth-order valence-electron chi connectivity index (χ4n) is 5.61. The van der Waals surface area contributed by atoms with Gasteiger partial charge in [-0.15, -0.1) is 0 Å². The number of thiophene rings is 1. The second-order valence-electron chi connectivity index (χ2n) is 12.4. The Hall–Kier alpha value is -6.54. The van der Waals surface area contributed by atoms with Crippen molar-refractivity contribution in [3.05, 3.63) is 141 Å². The minimum atomic E-state index is -5.10. The van der Waals surface area contributed by atoms with Gasteiger partial charge < -0.3 is 20.8 Å². The molecule has 0 saturated heterocycles. The molecule has 20 heteroatoms. The van der Waals surface area contributed by atoms with Gasteiger partial charge in [0.05, 0.1) is 23.2 Å². The summed E-state index contributed by atoms with van der Waals surface area (Å²) < 4.78 is 99.0. The van der Waals surface area contributed by atoms with Crippen molar-refractivity contribution in [1.29, 1.82) is 0 Å². The van der Waals surface area contributed by atoms with E-state index in [1.54, 1.807) is 11.3 Å². The molecular formula is C38H25BrF6N8O4S. The van der Waals surface area contributed by atoms with Gasteiger partial charge in [-0.2, -0.15) is 37.7 Å². The Morgan fingerprint density at radius 2 is 1.26 bits per heavy atom. The summed E-state index contributed by atoms with van der Waals surface area (Å²) in [5.74, 6) is -0.530. The molecule has 2 N–H and O–H groups in total. The van der Waals surface area contributed by atoms with Crippen LogP contribution in [0.15, 0.2) is 138 Å². The molecule has 0 spiro atoms. The Bertz CT molecular complexity index is 2590. The number of nitrogens with one attached hydrogen (secondary N) is 2. The molecule has 3 heterocycles. The third kappa shape index (κ3) is 10.1. The number of aromatic nitrogens is 4. The predicted octanol–water partition coefficient (Wildman–Crippen LogP) is 7.45. The average Bonchev–Trinajstić information content (AvgIpc) is 3.96. The lowest BCUT2D eigenvalue weighted by atomic mass is 9.96. The Morgan fingerprint density at radius 3 is 1.81 bits per heavy atom. The van der Waals surface area contributed by atoms with Gasteiger partial charge in [-0.05, 0) is 90.9 Å². The number of rotatable bonds is 10. The topological polar surface area (TPSA) is 155 Å². The molecule has 58 heavy (non-hydrogen) atoms. The van der Waals surface area contributed by atoms with E-state index in [1.807, 2.05) is 65.4 Å². The molecule has 4 aromatic carbocycles. The van der Waals surface area contributed by atoms with Crippen molar-refractivity contribution in [3.8, 4) is 22.3 Å². The molecule has 7 aromatic rings. The Labute approximate surface area is 336 Å². The Balaban J connectivity index is 1.08. The standard InChI is InChI=1S/C38H25BrF6N8O4S/c39-28-7-3-23(4-8-28)18-53-19-33(56-51-53)48-35(54)46-29-9-10-31(32(16-29)38(43,44)45)26-13-27(37(40,41)42)15-30(14-26)47-36(55)49-34-20-52(50-57-34)17-22-1-5-24(6-2-22)25-11-12-58-21-25/h1-16,19-21H,17-18H2,(H2-2,46,47,48,49,50,51,54,55). The van der Waals surface area contributed by atoms with E-state index in [-0.39, 0.29) is 30.5 Å². The zero-order valence-corrected chi connectivity index (χ0v) is 31.7. The molecule has 0 unspecified atom stereocenters. The van der Waals surface area contributed by atoms with E-state index in [1.165, 1.54) is 21.8 Å². The number of hydrogen-bond donors (Lipinski definition) is 2. The van der Waals surface area contributed by atoms with Crippen LogP contribution in [0.5, 0.6) is 0 Å². The van der Waals surface area contributed by atoms with Gasteiger partial charge in [-0.1, -0.05) is 58.4 Å². The summed E-state index contributed by atoms with van der Waals surface area (Å²) in [4.78, 5) is 7.35. The molecule has 296 valence electrons. The first-order valence-electron chi connectivity index (χ1n) is 16.7. The average molecular weight is 884 g/mol. The fraction of sp³-hybridized carbons (Fsp3) is 0.105. The van der Waals surface area contributed by atoms with Gasteiger partial charge in [0.2, 0.25) is 23.6 Å². The Morgan fingerprint density at radius 1 is 0.672 bits per heavy atom. The summed E-state index contributed by atoms with van der Waals surface area (Å²) in [6, 6.07) is 19.1. The van der Waals surface area contributed by atoms with Crippen molar-refractivity contribution in [1.82, 2.24) is 10.5 Å². The smallest absolute Gasteiger partial charge is 0.417 e. The van der Waals surface area contributed by atoms with Crippen molar-refractivity contribution in [2.24, 2.45) is 9.98 Å². The van der Waals surface area contributed by atoms with Crippen LogP contribution in [0.4, 0.5) is 49.5 Å². The monoisotopic (exact) mass is 882 g/mol. The van der Waals surface area contributed by atoms with Crippen LogP contribution in [-0.2, 0) is 25.4 Å². The maximum Gasteiger partial charge on any atom is 0.417 e. The Kier molecular flexibility index (Phi) is 11.3. The molecular weight excluding hydrogens is 858 g/mol. The zero-order valence-electron chi connectivity index (χ0n) is 29.3. The summed E-state index contributed by atoms with van der Waals surface area (Å²) in [6.07, 6.45) is -7.52. The lowest BCUT2D eigenvalue weighted by molar-refractivity contribution is -0.754. The third-order valence-corrected chi connectivity index (χ3v) is 9.44. The zero-order chi connectivity index (χ0) is 41.0. The van der Waals surface area contributed by atoms with Crippen molar-refractivity contribution in [2.75, 3.05) is 10.6 Å². The van der Waals surface area contributed by atoms with Crippen LogP contribution in [-0.4, -0.2) is 22.6 Å². The highest BCUT2D eigenvalue weighted by molar-refractivity contribution is 9.10. The molecule has 0 aliphatic rings. The van der Waals surface area contributed by atoms with Gasteiger partial charge in [0, 0.05) is 27.0 Å². The van der Waals surface area contributed by atoms with Crippen molar-refractivity contribution < 1.29 is 55.0 Å². The number of aliphatic imine (C=N–C) groups is 2. The SMILES string of the molecule is [O-]/C(=N\c1c[n+](Cc2ccc(-c3ccsc3)cc2)no1)Nc1cc(-c2ccc(N/C([O-])=N/c3c[n+](Cc4ccc(Br)cc4)no3)cc2C(F)(F)F)cc(C(F)(F)F)c1. The van der Waals surface area contributed by atoms with E-state index < -0.39 is 52.3 Å². The van der Waals surface area contributed by atoms with E-state index in [2.05, 4.69) is 47.1 Å². The van der Waals surface area contributed by atoms with Gasteiger partial charge in [-0.3, -0.25) is 9.05 Å². The number of hydrogen-bond acceptors (Lipinski definition) is 9. The summed E-state index contributed by atoms with van der Waals surface area (Å²) in [6.45, 7) is 0.518. The van der Waals surface area contributed by atoms with Gasteiger partial charge in [0.25, 0.3) is 12.4 Å². The van der Waals surface area contributed by atoms with Crippen molar-refractivity contribution in [3.63, 3.8) is 0 Å². The molecule has 0 aliphatic heterocycles. The molecule has 0 aliphatic carbocycles. The van der Waals surface area contributed by atoms with Crippen LogP contribution in [0.25, 0.3) is 22.3 Å². The van der Waals surface area contributed by atoms with Crippen LogP contribution in [0.1, 0.15) is 22.3 Å². The summed E-state index contributed by atoms with van der Waals surface area (Å²) in [7, 11) is 0. The van der Waals surface area contributed by atoms with Crippen molar-refractivity contribution >= 4 is 62.5 Å². The summed E-state index contributed by atoms with van der Waals surface area (Å²) >= 11 is 4.91. The minimum absolute atomic E-state index is 0.245. The van der Waals surface area contributed by atoms with Gasteiger partial charge in [-0.25, -0.2) is 9.98 Å². The predicted molar refractivity (Wildman–Crippen MR) is 199 cm³/mol. The molecule has 0 saturated carbocycles. The summed E-state index contributed by atoms with van der Waals surface area (Å²) in [5, 5.41) is 41.3. The quantitative estimate of drug-likeness (QED) is 0.0622. The lowest BCUT2D eigenvalue weighted by Crippen LogP contribution is -2.35. The lowest BCUT2D eigenvalue weighted by Gasteiger charge is -2.20. The third-order valence-electron chi connectivity index (χ3n) is 8.23. The van der Waals surface area contributed by atoms with Gasteiger partial charge >= 0.3 is 24.1 Å². The number of halogens is 7. The molecule has 0 radical (unpaired) electrons. The second-order valence-corrected chi connectivity index (χ2v) is 14.1. The first-order chi connectivity index (χ1) is 27.6. The van der Waals surface area contributed by atoms with Gasteiger partial charge in [0.15, 0.2) is 0 Å². The molecule has 0 bridgehead atoms. The van der Waals surface area contributed by atoms with E-state index >= 15 is 0 Å². The van der Waals surface area contributed by atoms with Crippen LogP contribution < -0.4 is 30.2 Å².